The number of nitrogens with zero attached hydrogens (tertiary/aromatic N) is 2. The third kappa shape index (κ3) is 2.61. The normalized spacial score (nSPS) is 14.3. The summed E-state index contributed by atoms with van der Waals surface area (Å²) >= 11 is 1.65. The zero-order valence-corrected chi connectivity index (χ0v) is 11.3. The van der Waals surface area contributed by atoms with E-state index in [2.05, 4.69) is 16.4 Å². The molecular weight excluding hydrogens is 258 g/mol. The van der Waals surface area contributed by atoms with E-state index in [4.69, 9.17) is 5.73 Å². The average Bonchev–Trinajstić information content (AvgIpc) is 3.13. The molecule has 0 spiro atoms. The molecule has 3 rings (SSSR count). The third-order valence-corrected chi connectivity index (χ3v) is 4.00. The highest BCUT2D eigenvalue weighted by Crippen LogP contribution is 2.30. The molecule has 1 aliphatic rings. The van der Waals surface area contributed by atoms with Crippen molar-refractivity contribution >= 4 is 22.9 Å². The zero-order valence-electron chi connectivity index (χ0n) is 10.5. The third-order valence-electron chi connectivity index (χ3n) is 3.27. The second-order valence-electron chi connectivity index (χ2n) is 4.76. The molecule has 0 aromatic carbocycles. The number of nitrogens with two attached hydrogens (primary N) is 1. The maximum absolute atomic E-state index is 12.6. The number of nitrogen functional groups attached to an aromatic ring is 1. The highest BCUT2D eigenvalue weighted by molar-refractivity contribution is 7.07. The van der Waals surface area contributed by atoms with Gasteiger partial charge in [-0.3, -0.25) is 9.78 Å². The molecule has 2 aromatic rings. The molecule has 0 saturated heterocycles. The molecule has 5 heteroatoms. The SMILES string of the molecule is Nc1ccncc1C(=O)N(Cc1ccsc1)C1CC1. The molecule has 0 radical (unpaired) electrons. The van der Waals surface area contributed by atoms with Crippen LogP contribution in [0.1, 0.15) is 28.8 Å². The Labute approximate surface area is 115 Å². The van der Waals surface area contributed by atoms with Gasteiger partial charge in [0.05, 0.1) is 5.56 Å². The van der Waals surface area contributed by atoms with Gasteiger partial charge in [0.25, 0.3) is 5.91 Å². The minimum absolute atomic E-state index is 0.0145. The number of thiophene rings is 1. The average molecular weight is 273 g/mol. The van der Waals surface area contributed by atoms with Gasteiger partial charge in [-0.2, -0.15) is 11.3 Å². The van der Waals surface area contributed by atoms with Crippen LogP contribution in [0.2, 0.25) is 0 Å². The van der Waals surface area contributed by atoms with Crippen LogP contribution in [0.25, 0.3) is 0 Å². The van der Waals surface area contributed by atoms with Gasteiger partial charge in [0.15, 0.2) is 0 Å². The van der Waals surface area contributed by atoms with Crippen molar-refractivity contribution in [1.29, 1.82) is 0 Å². The molecule has 1 aliphatic carbocycles. The predicted molar refractivity (Wildman–Crippen MR) is 75.9 cm³/mol. The van der Waals surface area contributed by atoms with E-state index in [9.17, 15) is 4.79 Å². The van der Waals surface area contributed by atoms with Crippen LogP contribution in [0.4, 0.5) is 5.69 Å². The molecular formula is C14H15N3OS. The van der Waals surface area contributed by atoms with Crippen molar-refractivity contribution < 1.29 is 4.79 Å². The molecule has 0 atom stereocenters. The molecule has 2 N–H and O–H groups in total. The number of carbonyl (C=O) groups excluding carboxylic acids is 1. The van der Waals surface area contributed by atoms with Gasteiger partial charge in [0.2, 0.25) is 0 Å². The summed E-state index contributed by atoms with van der Waals surface area (Å²) in [6.45, 7) is 0.654. The molecule has 4 nitrogen and oxygen atoms in total. The summed E-state index contributed by atoms with van der Waals surface area (Å²) in [6.07, 6.45) is 5.32. The molecule has 0 unspecified atom stereocenters. The summed E-state index contributed by atoms with van der Waals surface area (Å²) in [5.41, 5.74) is 8.04. The number of rotatable bonds is 4. The van der Waals surface area contributed by atoms with Gasteiger partial charge in [-0.15, -0.1) is 0 Å². The Morgan fingerprint density at radius 2 is 2.32 bits per heavy atom. The first-order valence-corrected chi connectivity index (χ1v) is 7.21. The standard InChI is InChI=1S/C14H15N3OS/c15-13-3-5-16-7-12(13)14(18)17(11-1-2-11)8-10-4-6-19-9-10/h3-7,9,11H,1-2,8H2,(H2,15,16). The Hall–Kier alpha value is -1.88. The van der Waals surface area contributed by atoms with Gasteiger partial charge in [0, 0.05) is 30.7 Å². The summed E-state index contributed by atoms with van der Waals surface area (Å²) in [5.74, 6) is -0.0145. The predicted octanol–water partition coefficient (Wildman–Crippen LogP) is 2.53. The first-order chi connectivity index (χ1) is 9.25. The molecule has 1 saturated carbocycles. The Morgan fingerprint density at radius 1 is 1.47 bits per heavy atom. The smallest absolute Gasteiger partial charge is 0.258 e. The maximum atomic E-state index is 12.6. The number of pyridine rings is 1. The molecule has 19 heavy (non-hydrogen) atoms. The van der Waals surface area contributed by atoms with E-state index < -0.39 is 0 Å². The number of anilines is 1. The summed E-state index contributed by atoms with van der Waals surface area (Å²) in [4.78, 5) is 18.5. The van der Waals surface area contributed by atoms with Gasteiger partial charge in [-0.25, -0.2) is 0 Å². The maximum Gasteiger partial charge on any atom is 0.258 e. The molecule has 2 aromatic heterocycles. The van der Waals surface area contributed by atoms with Gasteiger partial charge in [0.1, 0.15) is 0 Å². The summed E-state index contributed by atoms with van der Waals surface area (Å²) in [7, 11) is 0. The van der Waals surface area contributed by atoms with E-state index in [0.29, 0.717) is 23.8 Å². The Morgan fingerprint density at radius 3 is 2.95 bits per heavy atom. The van der Waals surface area contributed by atoms with Crippen LogP contribution in [-0.4, -0.2) is 21.8 Å². The lowest BCUT2D eigenvalue weighted by atomic mass is 10.2. The first kappa shape index (κ1) is 12.2. The van der Waals surface area contributed by atoms with Crippen LogP contribution in [0, 0.1) is 0 Å². The van der Waals surface area contributed by atoms with Crippen LogP contribution < -0.4 is 5.73 Å². The highest BCUT2D eigenvalue weighted by atomic mass is 32.1. The fourth-order valence-electron chi connectivity index (χ4n) is 2.07. The molecule has 1 amide bonds. The van der Waals surface area contributed by atoms with E-state index in [-0.39, 0.29) is 5.91 Å². The quantitative estimate of drug-likeness (QED) is 0.931. The monoisotopic (exact) mass is 273 g/mol. The van der Waals surface area contributed by atoms with Crippen molar-refractivity contribution in [3.05, 3.63) is 46.4 Å². The van der Waals surface area contributed by atoms with Crippen molar-refractivity contribution in [3.8, 4) is 0 Å². The van der Waals surface area contributed by atoms with Crippen molar-refractivity contribution in [2.75, 3.05) is 5.73 Å². The minimum Gasteiger partial charge on any atom is -0.398 e. The lowest BCUT2D eigenvalue weighted by Gasteiger charge is -2.22. The molecule has 0 aliphatic heterocycles. The number of aromatic nitrogens is 1. The van der Waals surface area contributed by atoms with E-state index in [0.717, 1.165) is 12.8 Å². The van der Waals surface area contributed by atoms with Crippen molar-refractivity contribution in [2.24, 2.45) is 0 Å². The molecule has 1 fully saturated rings. The van der Waals surface area contributed by atoms with E-state index in [1.807, 2.05) is 10.3 Å². The minimum atomic E-state index is -0.0145. The van der Waals surface area contributed by atoms with E-state index in [1.165, 1.54) is 5.56 Å². The topological polar surface area (TPSA) is 59.2 Å². The van der Waals surface area contributed by atoms with Crippen LogP contribution in [0.15, 0.2) is 35.3 Å². The summed E-state index contributed by atoms with van der Waals surface area (Å²) in [5, 5.41) is 4.11. The highest BCUT2D eigenvalue weighted by Gasteiger charge is 2.33. The van der Waals surface area contributed by atoms with Gasteiger partial charge < -0.3 is 10.6 Å². The van der Waals surface area contributed by atoms with Crippen molar-refractivity contribution in [3.63, 3.8) is 0 Å². The Bertz CT molecular complexity index is 578. The van der Waals surface area contributed by atoms with E-state index >= 15 is 0 Å². The lowest BCUT2D eigenvalue weighted by molar-refractivity contribution is 0.0731. The molecule has 0 bridgehead atoms. The Balaban J connectivity index is 1.84. The lowest BCUT2D eigenvalue weighted by Crippen LogP contribution is -2.33. The second-order valence-corrected chi connectivity index (χ2v) is 5.54. The number of hydrogen-bond acceptors (Lipinski definition) is 4. The van der Waals surface area contributed by atoms with Crippen LogP contribution in [0.5, 0.6) is 0 Å². The van der Waals surface area contributed by atoms with Crippen LogP contribution in [-0.2, 0) is 6.54 Å². The van der Waals surface area contributed by atoms with Gasteiger partial charge in [-0.1, -0.05) is 0 Å². The van der Waals surface area contributed by atoms with Crippen LogP contribution in [0.3, 0.4) is 0 Å². The van der Waals surface area contributed by atoms with E-state index in [1.54, 1.807) is 29.8 Å². The fourth-order valence-corrected chi connectivity index (χ4v) is 2.73. The number of amides is 1. The van der Waals surface area contributed by atoms with Crippen molar-refractivity contribution in [1.82, 2.24) is 9.88 Å². The summed E-state index contributed by atoms with van der Waals surface area (Å²) in [6, 6.07) is 4.08. The largest absolute Gasteiger partial charge is 0.398 e. The molecule has 2 heterocycles. The first-order valence-electron chi connectivity index (χ1n) is 6.27. The van der Waals surface area contributed by atoms with Gasteiger partial charge >= 0.3 is 0 Å². The summed E-state index contributed by atoms with van der Waals surface area (Å²) < 4.78 is 0. The zero-order chi connectivity index (χ0) is 13.2. The van der Waals surface area contributed by atoms with Crippen molar-refractivity contribution in [2.45, 2.75) is 25.4 Å². The fraction of sp³-hybridized carbons (Fsp3) is 0.286. The number of hydrogen-bond donors (Lipinski definition) is 1. The molecule has 98 valence electrons. The second kappa shape index (κ2) is 5.01. The number of carbonyl (C=O) groups is 1. The van der Waals surface area contributed by atoms with Gasteiger partial charge in [-0.05, 0) is 41.3 Å². The van der Waals surface area contributed by atoms with Crippen LogP contribution >= 0.6 is 11.3 Å². The Kier molecular flexibility index (Phi) is 3.21.